The van der Waals surface area contributed by atoms with Gasteiger partial charge < -0.3 is 46.8 Å². The Balaban J connectivity index is 1.53. The number of rotatable bonds is 8. The van der Waals surface area contributed by atoms with Gasteiger partial charge in [-0.05, 0) is 48.9 Å². The highest BCUT2D eigenvalue weighted by Crippen LogP contribution is 2.25. The number of fused-ring (bicyclic) bond motifs is 3. The first-order valence-corrected chi connectivity index (χ1v) is 17.0. The number of ether oxygens (including phenoxy) is 1. The Hall–Kier alpha value is -5.02. The van der Waals surface area contributed by atoms with E-state index < -0.39 is 47.5 Å². The summed E-state index contributed by atoms with van der Waals surface area (Å²) in [5.74, 6) is -2.58. The third kappa shape index (κ3) is 12.5. The molecule has 2 aromatic rings. The van der Waals surface area contributed by atoms with Crippen LogP contribution in [0.1, 0.15) is 49.0 Å². The lowest BCUT2D eigenvalue weighted by molar-refractivity contribution is -0.132. The highest BCUT2D eigenvalue weighted by Gasteiger charge is 2.31. The molecule has 2 bridgehead atoms. The van der Waals surface area contributed by atoms with Gasteiger partial charge in [-0.2, -0.15) is 0 Å². The fourth-order valence-electron chi connectivity index (χ4n) is 5.94. The van der Waals surface area contributed by atoms with Crippen LogP contribution in [-0.2, 0) is 52.9 Å². The maximum atomic E-state index is 13.5. The molecule has 1 unspecified atom stereocenters. The molecule has 0 saturated heterocycles. The molecule has 15 nitrogen and oxygen atoms in total. The Morgan fingerprint density at radius 3 is 2.46 bits per heavy atom. The number of amides is 6. The normalized spacial score (nSPS) is 23.6. The monoisotopic (exact) mass is 693 g/mol. The van der Waals surface area contributed by atoms with Gasteiger partial charge in [0, 0.05) is 56.7 Å². The lowest BCUT2D eigenvalue weighted by Crippen LogP contribution is -2.51. The number of carbonyl (C=O) groups is 6. The van der Waals surface area contributed by atoms with Crippen LogP contribution in [0.15, 0.2) is 59.2 Å². The molecule has 50 heavy (non-hydrogen) atoms. The van der Waals surface area contributed by atoms with Gasteiger partial charge in [0.15, 0.2) is 0 Å². The van der Waals surface area contributed by atoms with Crippen LogP contribution in [0.2, 0.25) is 0 Å². The molecule has 2 heterocycles. The van der Waals surface area contributed by atoms with E-state index >= 15 is 0 Å². The summed E-state index contributed by atoms with van der Waals surface area (Å²) in [5.41, 5.74) is 6.74. The molecule has 0 radical (unpaired) electrons. The number of nitrogens with one attached hydrogen (secondary N) is 6. The second-order valence-electron chi connectivity index (χ2n) is 12.3. The van der Waals surface area contributed by atoms with Gasteiger partial charge in [-0.15, -0.1) is 0 Å². The summed E-state index contributed by atoms with van der Waals surface area (Å²) in [5, 5.41) is 16.8. The van der Waals surface area contributed by atoms with Crippen molar-refractivity contribution in [2.45, 2.75) is 69.6 Å². The maximum absolute atomic E-state index is 13.5. The standard InChI is InChI=1S/C35H47N7O8/c36-13-17-49-18-15-38-34(47)28-12-14-37-30(43)10-11-31(44)40-26-8-3-7-24(19-26)33(46)42-29(21-27-9-4-16-50-27)35(48)39-22-25-6-2-1-5-23(25)20-32(45)41-28/h1-2,4-6,9-11,16,24,26,28-29H,3,7-8,12-15,17-22,36H2,(H,37,43)(H,38,47)(H,39,48)(H,40,44)(H,41,45)(H,42,46)/b11-10+/t24-,26+,28-,29?/m0/s1. The van der Waals surface area contributed by atoms with Crippen LogP contribution < -0.4 is 37.6 Å². The van der Waals surface area contributed by atoms with E-state index in [4.69, 9.17) is 14.9 Å². The minimum absolute atomic E-state index is 0.0358. The second kappa shape index (κ2) is 19.8. The Morgan fingerprint density at radius 2 is 1.68 bits per heavy atom. The van der Waals surface area contributed by atoms with Crippen molar-refractivity contribution in [1.82, 2.24) is 31.9 Å². The predicted octanol–water partition coefficient (Wildman–Crippen LogP) is -0.507. The van der Waals surface area contributed by atoms with Crippen LogP contribution >= 0.6 is 0 Å². The molecule has 1 saturated carbocycles. The topological polar surface area (TPSA) is 223 Å². The molecule has 4 rings (SSSR count). The third-order valence-electron chi connectivity index (χ3n) is 8.51. The predicted molar refractivity (Wildman–Crippen MR) is 182 cm³/mol. The molecule has 1 aromatic heterocycles. The Morgan fingerprint density at radius 1 is 0.880 bits per heavy atom. The molecule has 2 aliphatic rings. The fourth-order valence-corrected chi connectivity index (χ4v) is 5.94. The van der Waals surface area contributed by atoms with Gasteiger partial charge >= 0.3 is 0 Å². The minimum atomic E-state index is -0.983. The van der Waals surface area contributed by atoms with E-state index in [1.807, 2.05) is 0 Å². The van der Waals surface area contributed by atoms with Crippen LogP contribution in [0.4, 0.5) is 0 Å². The molecule has 1 aliphatic heterocycles. The van der Waals surface area contributed by atoms with Crippen molar-refractivity contribution in [1.29, 1.82) is 0 Å². The molecule has 1 fully saturated rings. The molecular weight excluding hydrogens is 646 g/mol. The Bertz CT molecular complexity index is 1500. The first-order chi connectivity index (χ1) is 24.2. The van der Waals surface area contributed by atoms with Gasteiger partial charge in [-0.3, -0.25) is 28.8 Å². The smallest absolute Gasteiger partial charge is 0.244 e. The van der Waals surface area contributed by atoms with Crippen LogP contribution in [0.25, 0.3) is 0 Å². The maximum Gasteiger partial charge on any atom is 0.244 e. The van der Waals surface area contributed by atoms with Crippen LogP contribution in [-0.4, -0.2) is 86.4 Å². The first-order valence-electron chi connectivity index (χ1n) is 17.0. The summed E-state index contributed by atoms with van der Waals surface area (Å²) in [6.45, 7) is 1.23. The van der Waals surface area contributed by atoms with Crippen molar-refractivity contribution in [3.05, 3.63) is 71.7 Å². The van der Waals surface area contributed by atoms with E-state index in [9.17, 15) is 28.8 Å². The number of carbonyl (C=O) groups excluding carboxylic acids is 6. The summed E-state index contributed by atoms with van der Waals surface area (Å²) in [7, 11) is 0. The van der Waals surface area contributed by atoms with Gasteiger partial charge in [0.1, 0.15) is 17.8 Å². The van der Waals surface area contributed by atoms with Gasteiger partial charge in [-0.1, -0.05) is 30.7 Å². The SMILES string of the molecule is NCCOCCNC(=O)[C@@H]1CCNC(=O)/C=C/C(=O)N[C@@H]2CCC[C@@H](C2)C(=O)NC(Cc2ccco2)C(=O)NCc2ccccc2CC(=O)N1. The Kier molecular flexibility index (Phi) is 15.0. The van der Waals surface area contributed by atoms with Crippen molar-refractivity contribution in [3.63, 3.8) is 0 Å². The quantitative estimate of drug-likeness (QED) is 0.177. The summed E-state index contributed by atoms with van der Waals surface area (Å²) in [6, 6.07) is 8.31. The highest BCUT2D eigenvalue weighted by molar-refractivity contribution is 5.97. The summed E-state index contributed by atoms with van der Waals surface area (Å²) in [4.78, 5) is 78.4. The van der Waals surface area contributed by atoms with E-state index in [2.05, 4.69) is 31.9 Å². The lowest BCUT2D eigenvalue weighted by atomic mass is 9.85. The van der Waals surface area contributed by atoms with E-state index in [1.54, 1.807) is 36.4 Å². The second-order valence-corrected chi connectivity index (χ2v) is 12.3. The van der Waals surface area contributed by atoms with Crippen LogP contribution in [0, 0.1) is 5.92 Å². The first kappa shape index (κ1) is 37.8. The molecule has 4 atom stereocenters. The molecule has 1 aliphatic carbocycles. The highest BCUT2D eigenvalue weighted by atomic mass is 16.5. The molecule has 1 aromatic carbocycles. The van der Waals surface area contributed by atoms with E-state index in [-0.39, 0.29) is 57.5 Å². The zero-order valence-corrected chi connectivity index (χ0v) is 28.0. The third-order valence-corrected chi connectivity index (χ3v) is 8.51. The zero-order valence-electron chi connectivity index (χ0n) is 28.0. The van der Waals surface area contributed by atoms with E-state index in [0.717, 1.165) is 12.2 Å². The number of furan rings is 1. The summed E-state index contributed by atoms with van der Waals surface area (Å²) < 4.78 is 10.8. The van der Waals surface area contributed by atoms with Gasteiger partial charge in [0.05, 0.1) is 25.9 Å². The van der Waals surface area contributed by atoms with Crippen molar-refractivity contribution >= 4 is 35.4 Å². The van der Waals surface area contributed by atoms with Crippen molar-refractivity contribution < 1.29 is 37.9 Å². The fraction of sp³-hybridized carbons (Fsp3) is 0.486. The Labute approximate surface area is 290 Å². The average Bonchev–Trinajstić information content (AvgIpc) is 3.62. The summed E-state index contributed by atoms with van der Waals surface area (Å²) in [6.07, 6.45) is 6.15. The molecule has 0 spiro atoms. The van der Waals surface area contributed by atoms with E-state index in [0.29, 0.717) is 55.7 Å². The van der Waals surface area contributed by atoms with Crippen molar-refractivity contribution in [2.24, 2.45) is 11.7 Å². The molecule has 270 valence electrons. The zero-order chi connectivity index (χ0) is 35.7. The molecule has 8 N–H and O–H groups in total. The van der Waals surface area contributed by atoms with Crippen LogP contribution in [0.5, 0.6) is 0 Å². The van der Waals surface area contributed by atoms with E-state index in [1.165, 1.54) is 6.26 Å². The molecule has 6 amide bonds. The summed E-state index contributed by atoms with van der Waals surface area (Å²) >= 11 is 0. The molecular formula is C35H47N7O8. The largest absolute Gasteiger partial charge is 0.469 e. The minimum Gasteiger partial charge on any atom is -0.469 e. The lowest BCUT2D eigenvalue weighted by Gasteiger charge is -2.30. The number of hydrogen-bond donors (Lipinski definition) is 7. The number of benzene rings is 1. The molecule has 15 heteroatoms. The van der Waals surface area contributed by atoms with Gasteiger partial charge in [0.2, 0.25) is 35.4 Å². The van der Waals surface area contributed by atoms with Crippen molar-refractivity contribution in [2.75, 3.05) is 32.8 Å². The average molecular weight is 694 g/mol. The van der Waals surface area contributed by atoms with Gasteiger partial charge in [-0.25, -0.2) is 0 Å². The van der Waals surface area contributed by atoms with Gasteiger partial charge in [0.25, 0.3) is 0 Å². The van der Waals surface area contributed by atoms with Crippen LogP contribution in [0.3, 0.4) is 0 Å². The number of nitrogens with two attached hydrogens (primary N) is 1. The number of hydrogen-bond acceptors (Lipinski definition) is 9. The van der Waals surface area contributed by atoms with Crippen molar-refractivity contribution in [3.8, 4) is 0 Å².